The minimum absolute atomic E-state index is 0.0636. The Bertz CT molecular complexity index is 414. The van der Waals surface area contributed by atoms with Gasteiger partial charge < -0.3 is 14.8 Å². The highest BCUT2D eigenvalue weighted by Crippen LogP contribution is 2.08. The lowest BCUT2D eigenvalue weighted by molar-refractivity contribution is -0.140. The van der Waals surface area contributed by atoms with Gasteiger partial charge in [-0.1, -0.05) is 24.3 Å². The number of aryl methyl sites for hydroxylation is 1. The van der Waals surface area contributed by atoms with E-state index in [1.165, 1.54) is 0 Å². The van der Waals surface area contributed by atoms with E-state index in [9.17, 15) is 4.79 Å². The predicted molar refractivity (Wildman–Crippen MR) is 84.2 cm³/mol. The molecule has 1 rings (SSSR count). The summed E-state index contributed by atoms with van der Waals surface area (Å²) in [7, 11) is 0. The van der Waals surface area contributed by atoms with Gasteiger partial charge >= 0.3 is 0 Å². The summed E-state index contributed by atoms with van der Waals surface area (Å²) >= 11 is 0. The third-order valence-corrected chi connectivity index (χ3v) is 3.26. The van der Waals surface area contributed by atoms with Crippen molar-refractivity contribution in [3.63, 3.8) is 0 Å². The summed E-state index contributed by atoms with van der Waals surface area (Å²) in [6.45, 7) is 7.87. The molecule has 4 heteroatoms. The number of benzene rings is 1. The van der Waals surface area contributed by atoms with Crippen molar-refractivity contribution < 1.29 is 14.3 Å². The summed E-state index contributed by atoms with van der Waals surface area (Å²) in [5, 5.41) is 2.95. The molecular weight excluding hydrogens is 266 g/mol. The highest BCUT2D eigenvalue weighted by molar-refractivity contribution is 5.78. The molecule has 4 nitrogen and oxygen atoms in total. The summed E-state index contributed by atoms with van der Waals surface area (Å²) in [5.74, 6) is 0.0636. The fourth-order valence-electron chi connectivity index (χ4n) is 2.13. The van der Waals surface area contributed by atoms with E-state index in [-0.39, 0.29) is 12.2 Å². The van der Waals surface area contributed by atoms with E-state index in [0.29, 0.717) is 26.2 Å². The van der Waals surface area contributed by atoms with E-state index in [0.717, 1.165) is 24.0 Å². The van der Waals surface area contributed by atoms with Crippen molar-refractivity contribution in [1.82, 2.24) is 5.32 Å². The van der Waals surface area contributed by atoms with Crippen LogP contribution in [0.15, 0.2) is 24.3 Å². The zero-order chi connectivity index (χ0) is 15.5. The first-order valence-electron chi connectivity index (χ1n) is 7.71. The lowest BCUT2D eigenvalue weighted by Gasteiger charge is -2.16. The van der Waals surface area contributed by atoms with Crippen molar-refractivity contribution in [3.05, 3.63) is 35.4 Å². The third-order valence-electron chi connectivity index (χ3n) is 3.26. The molecule has 0 heterocycles. The summed E-state index contributed by atoms with van der Waals surface area (Å²) in [6.07, 6.45) is 1.93. The van der Waals surface area contributed by atoms with Gasteiger partial charge in [-0.25, -0.2) is 0 Å². The maximum absolute atomic E-state index is 11.9. The van der Waals surface area contributed by atoms with Crippen LogP contribution in [0.25, 0.3) is 0 Å². The molecule has 0 fully saturated rings. The number of carbonyl (C=O) groups is 1. The molecule has 0 unspecified atom stereocenters. The van der Waals surface area contributed by atoms with Crippen molar-refractivity contribution in [3.8, 4) is 0 Å². The predicted octanol–water partition coefficient (Wildman–Crippen LogP) is 2.83. The molecule has 0 bridgehead atoms. The lowest BCUT2D eigenvalue weighted by Crippen LogP contribution is -2.27. The molecule has 0 saturated heterocycles. The van der Waals surface area contributed by atoms with Crippen LogP contribution < -0.4 is 5.32 Å². The van der Waals surface area contributed by atoms with Crippen LogP contribution in [0, 0.1) is 6.92 Å². The molecule has 1 aromatic rings. The fraction of sp³-hybridized carbons (Fsp3) is 0.588. The maximum Gasteiger partial charge on any atom is 0.224 e. The first-order valence-corrected chi connectivity index (χ1v) is 7.71. The molecule has 0 spiro atoms. The molecule has 0 aliphatic carbocycles. The summed E-state index contributed by atoms with van der Waals surface area (Å²) in [4.78, 5) is 11.9. The van der Waals surface area contributed by atoms with Crippen molar-refractivity contribution in [2.45, 2.75) is 46.3 Å². The maximum atomic E-state index is 11.9. The van der Waals surface area contributed by atoms with Crippen molar-refractivity contribution in [2.24, 2.45) is 0 Å². The van der Waals surface area contributed by atoms with Crippen molar-refractivity contribution in [2.75, 3.05) is 19.8 Å². The van der Waals surface area contributed by atoms with Crippen LogP contribution in [-0.2, 0) is 20.7 Å². The number of ether oxygens (including phenoxy) is 2. The van der Waals surface area contributed by atoms with Gasteiger partial charge in [-0.3, -0.25) is 4.79 Å². The Morgan fingerprint density at radius 3 is 2.48 bits per heavy atom. The fourth-order valence-corrected chi connectivity index (χ4v) is 2.13. The standard InChI is InChI=1S/C17H27NO3/c1-4-20-17(21-5-2)11-8-12-18-16(19)13-15-10-7-6-9-14(15)3/h6-7,9-10,17H,4-5,8,11-13H2,1-3H3,(H,18,19). The Balaban J connectivity index is 2.23. The molecular formula is C17H27NO3. The van der Waals surface area contributed by atoms with E-state index in [4.69, 9.17) is 9.47 Å². The first kappa shape index (κ1) is 17.7. The van der Waals surface area contributed by atoms with Crippen molar-refractivity contribution in [1.29, 1.82) is 0 Å². The Morgan fingerprint density at radius 2 is 1.86 bits per heavy atom. The van der Waals surface area contributed by atoms with Gasteiger partial charge in [0.15, 0.2) is 6.29 Å². The molecule has 1 amide bonds. The highest BCUT2D eigenvalue weighted by atomic mass is 16.7. The molecule has 0 atom stereocenters. The smallest absolute Gasteiger partial charge is 0.224 e. The lowest BCUT2D eigenvalue weighted by atomic mass is 10.1. The minimum Gasteiger partial charge on any atom is -0.356 e. The average molecular weight is 293 g/mol. The third kappa shape index (κ3) is 7.25. The van der Waals surface area contributed by atoms with Crippen LogP contribution in [0.4, 0.5) is 0 Å². The number of rotatable bonds is 10. The number of nitrogens with one attached hydrogen (secondary N) is 1. The zero-order valence-corrected chi connectivity index (χ0v) is 13.4. The molecule has 1 N–H and O–H groups in total. The molecule has 118 valence electrons. The van der Waals surface area contributed by atoms with Gasteiger partial charge in [0.2, 0.25) is 5.91 Å². The van der Waals surface area contributed by atoms with Gasteiger partial charge in [-0.05, 0) is 38.3 Å². The van der Waals surface area contributed by atoms with Crippen LogP contribution in [0.3, 0.4) is 0 Å². The zero-order valence-electron chi connectivity index (χ0n) is 13.4. The Kier molecular flexibility index (Phi) is 8.71. The van der Waals surface area contributed by atoms with Gasteiger partial charge in [0.05, 0.1) is 6.42 Å². The second-order valence-electron chi connectivity index (χ2n) is 4.94. The normalized spacial score (nSPS) is 10.9. The van der Waals surface area contributed by atoms with E-state index in [1.54, 1.807) is 0 Å². The summed E-state index contributed by atoms with van der Waals surface area (Å²) in [5.41, 5.74) is 2.23. The van der Waals surface area contributed by atoms with E-state index < -0.39 is 0 Å². The molecule has 0 aromatic heterocycles. The van der Waals surface area contributed by atoms with Crippen LogP contribution >= 0.6 is 0 Å². The van der Waals surface area contributed by atoms with E-state index in [2.05, 4.69) is 5.32 Å². The van der Waals surface area contributed by atoms with Crippen molar-refractivity contribution >= 4 is 5.91 Å². The second-order valence-corrected chi connectivity index (χ2v) is 4.94. The second kappa shape index (κ2) is 10.4. The van der Waals surface area contributed by atoms with Gasteiger partial charge in [-0.15, -0.1) is 0 Å². The van der Waals surface area contributed by atoms with Gasteiger partial charge in [0, 0.05) is 26.2 Å². The number of amides is 1. The number of carbonyl (C=O) groups excluding carboxylic acids is 1. The molecule has 0 aliphatic heterocycles. The largest absolute Gasteiger partial charge is 0.356 e. The topological polar surface area (TPSA) is 47.6 Å². The van der Waals surface area contributed by atoms with Crippen LogP contribution in [0.5, 0.6) is 0 Å². The molecule has 0 aliphatic rings. The molecule has 0 saturated carbocycles. The SMILES string of the molecule is CCOC(CCCNC(=O)Cc1ccccc1C)OCC. The number of hydrogen-bond donors (Lipinski definition) is 1. The quantitative estimate of drug-likeness (QED) is 0.533. The Hall–Kier alpha value is -1.39. The number of hydrogen-bond acceptors (Lipinski definition) is 3. The molecule has 21 heavy (non-hydrogen) atoms. The van der Waals surface area contributed by atoms with Gasteiger partial charge in [-0.2, -0.15) is 0 Å². The van der Waals surface area contributed by atoms with E-state index in [1.807, 2.05) is 45.0 Å². The highest BCUT2D eigenvalue weighted by Gasteiger charge is 2.08. The molecule has 1 aromatic carbocycles. The van der Waals surface area contributed by atoms with Gasteiger partial charge in [0.25, 0.3) is 0 Å². The van der Waals surface area contributed by atoms with Crippen LogP contribution in [0.2, 0.25) is 0 Å². The van der Waals surface area contributed by atoms with Gasteiger partial charge in [0.1, 0.15) is 0 Å². The summed E-state index contributed by atoms with van der Waals surface area (Å²) in [6, 6.07) is 7.97. The molecule has 0 radical (unpaired) electrons. The van der Waals surface area contributed by atoms with E-state index >= 15 is 0 Å². The van der Waals surface area contributed by atoms with Crippen LogP contribution in [0.1, 0.15) is 37.8 Å². The monoisotopic (exact) mass is 293 g/mol. The summed E-state index contributed by atoms with van der Waals surface area (Å²) < 4.78 is 10.9. The Labute approximate surface area is 127 Å². The first-order chi connectivity index (χ1) is 10.2. The minimum atomic E-state index is -0.159. The van der Waals surface area contributed by atoms with Crippen LogP contribution in [-0.4, -0.2) is 32.0 Å². The Morgan fingerprint density at radius 1 is 1.19 bits per heavy atom. The average Bonchev–Trinajstić information content (AvgIpc) is 2.46.